The fourth-order valence-electron chi connectivity index (χ4n) is 5.22. The van der Waals surface area contributed by atoms with Crippen LogP contribution < -0.4 is 4.57 Å². The summed E-state index contributed by atoms with van der Waals surface area (Å²) >= 11 is 0. The quantitative estimate of drug-likeness (QED) is 0.403. The number of ketones is 1. The second-order valence-corrected chi connectivity index (χ2v) is 9.06. The van der Waals surface area contributed by atoms with Crippen LogP contribution in [0.15, 0.2) is 54.7 Å². The lowest BCUT2D eigenvalue weighted by Crippen LogP contribution is -2.40. The Morgan fingerprint density at radius 3 is 2.43 bits per heavy atom. The van der Waals surface area contributed by atoms with Gasteiger partial charge in [0.15, 0.2) is 12.2 Å². The van der Waals surface area contributed by atoms with Gasteiger partial charge in [0.1, 0.15) is 6.20 Å². The molecule has 1 aromatic heterocycles. The van der Waals surface area contributed by atoms with Crippen LogP contribution in [0.3, 0.4) is 0 Å². The maximum Gasteiger partial charge on any atom is 0.257 e. The van der Waals surface area contributed by atoms with Crippen molar-refractivity contribution in [2.24, 2.45) is 0 Å². The summed E-state index contributed by atoms with van der Waals surface area (Å²) in [6.07, 6.45) is 11.0. The molecule has 154 valence electrons. The Morgan fingerprint density at radius 2 is 1.70 bits per heavy atom. The SMILES string of the molecule is Cc1ccc(-c2c[n+](CC(=O)c3ccc(C4CCCCC4)cc3)c3n2CCC3)cc1. The van der Waals surface area contributed by atoms with Crippen LogP contribution in [0.2, 0.25) is 0 Å². The van der Waals surface area contributed by atoms with Crippen LogP contribution >= 0.6 is 0 Å². The first-order valence-corrected chi connectivity index (χ1v) is 11.5. The average molecular weight is 400 g/mol. The molecule has 3 nitrogen and oxygen atoms in total. The van der Waals surface area contributed by atoms with E-state index >= 15 is 0 Å². The molecular formula is C27H31N2O+. The normalized spacial score (nSPS) is 16.6. The molecule has 3 heteroatoms. The van der Waals surface area contributed by atoms with Crippen LogP contribution in [0, 0.1) is 6.92 Å². The predicted molar refractivity (Wildman–Crippen MR) is 120 cm³/mol. The molecule has 2 aliphatic rings. The number of Topliss-reactive ketones (excluding diaryl/α,β-unsaturated/α-hetero) is 1. The molecule has 5 rings (SSSR count). The first kappa shape index (κ1) is 19.3. The molecule has 1 aliphatic heterocycles. The number of hydrogen-bond acceptors (Lipinski definition) is 1. The third kappa shape index (κ3) is 3.74. The van der Waals surface area contributed by atoms with Gasteiger partial charge in [-0.3, -0.25) is 4.79 Å². The number of hydrogen-bond donors (Lipinski definition) is 0. The van der Waals surface area contributed by atoms with Crippen molar-refractivity contribution in [3.05, 3.63) is 77.2 Å². The largest absolute Gasteiger partial charge is 0.290 e. The summed E-state index contributed by atoms with van der Waals surface area (Å²) in [4.78, 5) is 13.1. The number of fused-ring (bicyclic) bond motifs is 1. The van der Waals surface area contributed by atoms with Crippen molar-refractivity contribution in [3.63, 3.8) is 0 Å². The van der Waals surface area contributed by atoms with Gasteiger partial charge in [-0.1, -0.05) is 73.4 Å². The van der Waals surface area contributed by atoms with Gasteiger partial charge in [0, 0.05) is 11.1 Å². The van der Waals surface area contributed by atoms with Crippen LogP contribution in [0.1, 0.15) is 71.8 Å². The number of aromatic nitrogens is 2. The molecule has 0 N–H and O–H groups in total. The summed E-state index contributed by atoms with van der Waals surface area (Å²) in [6, 6.07) is 17.2. The number of carbonyl (C=O) groups excluding carboxylic acids is 1. The molecule has 30 heavy (non-hydrogen) atoms. The van der Waals surface area contributed by atoms with Crippen molar-refractivity contribution in [1.82, 2.24) is 4.57 Å². The van der Waals surface area contributed by atoms with Gasteiger partial charge in [-0.2, -0.15) is 0 Å². The number of aryl methyl sites for hydroxylation is 1. The zero-order valence-corrected chi connectivity index (χ0v) is 17.9. The fraction of sp³-hybridized carbons (Fsp3) is 0.407. The highest BCUT2D eigenvalue weighted by Crippen LogP contribution is 2.32. The molecule has 2 aromatic carbocycles. The smallest absolute Gasteiger partial charge is 0.257 e. The number of nitrogens with zero attached hydrogens (tertiary/aromatic N) is 2. The van der Waals surface area contributed by atoms with Gasteiger partial charge in [0.25, 0.3) is 5.82 Å². The summed E-state index contributed by atoms with van der Waals surface area (Å²) in [5.41, 5.74) is 5.96. The first-order chi connectivity index (χ1) is 14.7. The van der Waals surface area contributed by atoms with E-state index in [2.05, 4.69) is 58.7 Å². The highest BCUT2D eigenvalue weighted by Gasteiger charge is 2.29. The Balaban J connectivity index is 1.36. The lowest BCUT2D eigenvalue weighted by Gasteiger charge is -2.21. The van der Waals surface area contributed by atoms with Gasteiger partial charge >= 0.3 is 0 Å². The van der Waals surface area contributed by atoms with Gasteiger partial charge < -0.3 is 0 Å². The number of carbonyl (C=O) groups is 1. The van der Waals surface area contributed by atoms with Gasteiger partial charge in [-0.25, -0.2) is 9.13 Å². The van der Waals surface area contributed by atoms with E-state index in [4.69, 9.17) is 0 Å². The monoisotopic (exact) mass is 399 g/mol. The summed E-state index contributed by atoms with van der Waals surface area (Å²) in [7, 11) is 0. The topological polar surface area (TPSA) is 25.9 Å². The minimum absolute atomic E-state index is 0.200. The lowest BCUT2D eigenvalue weighted by atomic mass is 9.84. The summed E-state index contributed by atoms with van der Waals surface area (Å²) in [5.74, 6) is 2.16. The minimum Gasteiger partial charge on any atom is -0.290 e. The van der Waals surface area contributed by atoms with E-state index in [0.29, 0.717) is 12.5 Å². The second-order valence-electron chi connectivity index (χ2n) is 9.06. The average Bonchev–Trinajstić information content (AvgIpc) is 3.39. The third-order valence-corrected chi connectivity index (χ3v) is 6.96. The maximum atomic E-state index is 13.1. The molecule has 2 heterocycles. The molecule has 0 bridgehead atoms. The zero-order chi connectivity index (χ0) is 20.5. The lowest BCUT2D eigenvalue weighted by molar-refractivity contribution is -0.689. The second kappa shape index (κ2) is 8.22. The molecule has 1 aliphatic carbocycles. The van der Waals surface area contributed by atoms with Gasteiger partial charge in [0.05, 0.1) is 13.0 Å². The maximum absolute atomic E-state index is 13.1. The minimum atomic E-state index is 0.200. The van der Waals surface area contributed by atoms with Crippen molar-refractivity contribution < 1.29 is 9.36 Å². The molecule has 3 aromatic rings. The molecule has 0 saturated heterocycles. The highest BCUT2D eigenvalue weighted by atomic mass is 16.1. The van der Waals surface area contributed by atoms with Crippen LogP contribution in [0.5, 0.6) is 0 Å². The van der Waals surface area contributed by atoms with E-state index in [-0.39, 0.29) is 5.78 Å². The van der Waals surface area contributed by atoms with Crippen molar-refractivity contribution in [2.45, 2.75) is 70.9 Å². The van der Waals surface area contributed by atoms with E-state index in [1.165, 1.54) is 60.3 Å². The van der Waals surface area contributed by atoms with E-state index in [1.54, 1.807) is 0 Å². The van der Waals surface area contributed by atoms with Crippen molar-refractivity contribution in [3.8, 4) is 11.3 Å². The molecule has 0 spiro atoms. The number of benzene rings is 2. The molecule has 0 atom stereocenters. The van der Waals surface area contributed by atoms with E-state index in [1.807, 2.05) is 12.1 Å². The van der Waals surface area contributed by atoms with Gasteiger partial charge in [-0.05, 0) is 37.7 Å². The van der Waals surface area contributed by atoms with E-state index in [0.717, 1.165) is 24.9 Å². The zero-order valence-electron chi connectivity index (χ0n) is 17.9. The fourth-order valence-corrected chi connectivity index (χ4v) is 5.22. The molecule has 1 saturated carbocycles. The van der Waals surface area contributed by atoms with Crippen molar-refractivity contribution in [2.75, 3.05) is 0 Å². The third-order valence-electron chi connectivity index (χ3n) is 6.96. The molecule has 1 fully saturated rings. The van der Waals surface area contributed by atoms with Gasteiger partial charge in [0.2, 0.25) is 5.78 Å². The molecule has 0 unspecified atom stereocenters. The van der Waals surface area contributed by atoms with Crippen molar-refractivity contribution >= 4 is 5.78 Å². The van der Waals surface area contributed by atoms with Gasteiger partial charge in [-0.15, -0.1) is 0 Å². The Labute approximate surface area is 179 Å². The first-order valence-electron chi connectivity index (χ1n) is 11.5. The van der Waals surface area contributed by atoms with E-state index in [9.17, 15) is 4.79 Å². The molecular weight excluding hydrogens is 368 g/mol. The molecule has 0 radical (unpaired) electrons. The standard InChI is InChI=1S/C27H31N2O/c1-20-9-11-23(12-10-20)25-18-28(27-8-5-17-29(25)27)19-26(30)24-15-13-22(14-16-24)21-6-3-2-4-7-21/h9-16,18,21H,2-8,17,19H2,1H3/q+1. The van der Waals surface area contributed by atoms with Crippen LogP contribution in [0.25, 0.3) is 11.3 Å². The van der Waals surface area contributed by atoms with Crippen LogP contribution in [-0.4, -0.2) is 10.4 Å². The Kier molecular flexibility index (Phi) is 5.28. The summed E-state index contributed by atoms with van der Waals surface area (Å²) in [6.45, 7) is 3.57. The summed E-state index contributed by atoms with van der Waals surface area (Å²) in [5, 5.41) is 0. The van der Waals surface area contributed by atoms with Crippen LogP contribution in [-0.2, 0) is 19.5 Å². The molecule has 0 amide bonds. The predicted octanol–water partition coefficient (Wildman–Crippen LogP) is 5.63. The Hall–Kier alpha value is -2.68. The number of imidazole rings is 1. The van der Waals surface area contributed by atoms with E-state index < -0.39 is 0 Å². The number of rotatable bonds is 5. The Bertz CT molecular complexity index is 1040. The van der Waals surface area contributed by atoms with Crippen LogP contribution in [0.4, 0.5) is 0 Å². The highest BCUT2D eigenvalue weighted by molar-refractivity contribution is 5.95. The van der Waals surface area contributed by atoms with Crippen molar-refractivity contribution in [1.29, 1.82) is 0 Å². The Morgan fingerprint density at radius 1 is 0.967 bits per heavy atom. The summed E-state index contributed by atoms with van der Waals surface area (Å²) < 4.78 is 4.57.